The van der Waals surface area contributed by atoms with Gasteiger partial charge in [-0.25, -0.2) is 4.79 Å². The van der Waals surface area contributed by atoms with Crippen LogP contribution in [-0.2, 0) is 25.3 Å². The van der Waals surface area contributed by atoms with Crippen LogP contribution in [0.2, 0.25) is 0 Å². The number of fused-ring (bicyclic) bond motifs is 5. The van der Waals surface area contributed by atoms with Crippen molar-refractivity contribution in [1.82, 2.24) is 0 Å². The molecule has 3 aliphatic rings. The second-order valence-electron chi connectivity index (χ2n) is 8.76. The van der Waals surface area contributed by atoms with E-state index in [0.29, 0.717) is 5.69 Å². The summed E-state index contributed by atoms with van der Waals surface area (Å²) in [5.41, 5.74) is -0.567. The topological polar surface area (TPSA) is 92.8 Å². The van der Waals surface area contributed by atoms with Gasteiger partial charge in [0.2, 0.25) is 11.8 Å². The number of allylic oxidation sites excluding steroid dienone is 2. The lowest BCUT2D eigenvalue weighted by Gasteiger charge is -2.17. The van der Waals surface area contributed by atoms with Crippen LogP contribution in [0.15, 0.2) is 60.7 Å². The van der Waals surface area contributed by atoms with Crippen LogP contribution >= 0.6 is 0 Å². The highest BCUT2D eigenvalue weighted by Gasteiger charge is 2.59. The summed E-state index contributed by atoms with van der Waals surface area (Å²) in [4.78, 5) is 51.2. The van der Waals surface area contributed by atoms with Crippen molar-refractivity contribution in [2.24, 2.45) is 23.7 Å². The smallest absolute Gasteiger partial charge is 0.416 e. The zero-order valence-corrected chi connectivity index (χ0v) is 18.1. The normalized spacial score (nSPS) is 24.6. The average Bonchev–Trinajstić information content (AvgIpc) is 3.51. The summed E-state index contributed by atoms with van der Waals surface area (Å²) in [6.07, 6.45) is 0.275. The van der Waals surface area contributed by atoms with Crippen LogP contribution in [0.1, 0.15) is 22.3 Å². The molecule has 10 heteroatoms. The van der Waals surface area contributed by atoms with Crippen molar-refractivity contribution in [3.05, 3.63) is 71.8 Å². The molecule has 1 aliphatic heterocycles. The molecule has 0 spiro atoms. The van der Waals surface area contributed by atoms with Crippen LogP contribution in [0.4, 0.5) is 24.5 Å². The molecule has 2 aliphatic carbocycles. The minimum Gasteiger partial charge on any atom is -0.452 e. The molecule has 180 valence electrons. The fourth-order valence-electron chi connectivity index (χ4n) is 5.09. The van der Waals surface area contributed by atoms with E-state index >= 15 is 0 Å². The number of hydrogen-bond donors (Lipinski definition) is 1. The van der Waals surface area contributed by atoms with Gasteiger partial charge in [-0.1, -0.05) is 18.2 Å². The summed E-state index contributed by atoms with van der Waals surface area (Å²) in [6.45, 7) is -0.709. The number of anilines is 2. The largest absolute Gasteiger partial charge is 0.452 e. The highest BCUT2D eigenvalue weighted by molar-refractivity contribution is 6.22. The number of carbonyl (C=O) groups is 4. The van der Waals surface area contributed by atoms with Gasteiger partial charge in [-0.2, -0.15) is 13.2 Å². The van der Waals surface area contributed by atoms with E-state index in [1.54, 1.807) is 0 Å². The quantitative estimate of drug-likeness (QED) is 0.396. The number of ether oxygens (including phenoxy) is 1. The molecule has 4 atom stereocenters. The summed E-state index contributed by atoms with van der Waals surface area (Å²) < 4.78 is 43.3. The Labute approximate surface area is 197 Å². The minimum atomic E-state index is -4.56. The molecule has 1 saturated heterocycles. The number of carbonyl (C=O) groups excluding carboxylic acids is 4. The second kappa shape index (κ2) is 8.37. The molecule has 3 amide bonds. The van der Waals surface area contributed by atoms with Gasteiger partial charge in [0, 0.05) is 5.69 Å². The molecule has 0 aromatic heterocycles. The van der Waals surface area contributed by atoms with Gasteiger partial charge in [0.25, 0.3) is 5.91 Å². The first-order valence-electron chi connectivity index (χ1n) is 10.9. The predicted octanol–water partition coefficient (Wildman–Crippen LogP) is 3.81. The average molecular weight is 484 g/mol. The van der Waals surface area contributed by atoms with Gasteiger partial charge in [0.05, 0.1) is 28.7 Å². The maximum absolute atomic E-state index is 12.9. The summed E-state index contributed by atoms with van der Waals surface area (Å²) in [5, 5.41) is 2.25. The molecule has 5 rings (SSSR count). The van der Waals surface area contributed by atoms with E-state index in [4.69, 9.17) is 4.74 Å². The van der Waals surface area contributed by atoms with Crippen molar-refractivity contribution in [3.8, 4) is 0 Å². The number of halogens is 3. The standard InChI is InChI=1S/C25H19F3N2O5/c26-25(27,28)16-2-1-3-17(11-16)29-19(31)12-35-24(34)13-6-8-18(9-7-13)30-22(32)20-14-4-5-15(10-14)21(20)23(30)33/h1-9,11,14-15,20-21H,10,12H2,(H,29,31)/t14-,15-,20-,21+/m0/s1. The van der Waals surface area contributed by atoms with E-state index in [1.807, 2.05) is 12.2 Å². The molecule has 1 heterocycles. The molecular weight excluding hydrogens is 465 g/mol. The number of nitrogens with one attached hydrogen (secondary N) is 1. The maximum atomic E-state index is 12.9. The lowest BCUT2D eigenvalue weighted by Crippen LogP contribution is -2.32. The zero-order valence-electron chi connectivity index (χ0n) is 18.1. The number of nitrogens with zero attached hydrogens (tertiary/aromatic N) is 1. The third-order valence-electron chi connectivity index (χ3n) is 6.64. The minimum absolute atomic E-state index is 0.0846. The van der Waals surface area contributed by atoms with E-state index < -0.39 is 30.2 Å². The first kappa shape index (κ1) is 22.8. The Bertz CT molecular complexity index is 1220. The first-order chi connectivity index (χ1) is 16.6. The van der Waals surface area contributed by atoms with E-state index in [0.717, 1.165) is 24.6 Å². The molecule has 2 fully saturated rings. The third kappa shape index (κ3) is 4.09. The molecule has 0 radical (unpaired) electrons. The Morgan fingerprint density at radius 1 is 0.971 bits per heavy atom. The molecule has 7 nitrogen and oxygen atoms in total. The number of imide groups is 1. The summed E-state index contributed by atoms with van der Waals surface area (Å²) in [6, 6.07) is 9.76. The Morgan fingerprint density at radius 3 is 2.20 bits per heavy atom. The van der Waals surface area contributed by atoms with E-state index in [-0.39, 0.29) is 46.7 Å². The van der Waals surface area contributed by atoms with Gasteiger partial charge < -0.3 is 10.1 Å². The molecule has 2 bridgehead atoms. The molecule has 1 N–H and O–H groups in total. The van der Waals surface area contributed by atoms with Gasteiger partial charge in [-0.05, 0) is 60.7 Å². The summed E-state index contributed by atoms with van der Waals surface area (Å²) in [7, 11) is 0. The van der Waals surface area contributed by atoms with Gasteiger partial charge in [0.15, 0.2) is 6.61 Å². The van der Waals surface area contributed by atoms with Gasteiger partial charge in [0.1, 0.15) is 0 Å². The maximum Gasteiger partial charge on any atom is 0.416 e. The lowest BCUT2D eigenvalue weighted by atomic mass is 9.85. The monoisotopic (exact) mass is 484 g/mol. The van der Waals surface area contributed by atoms with Crippen molar-refractivity contribution >= 4 is 35.1 Å². The van der Waals surface area contributed by atoms with Crippen LogP contribution < -0.4 is 10.2 Å². The number of rotatable bonds is 5. The second-order valence-corrected chi connectivity index (χ2v) is 8.76. The highest BCUT2D eigenvalue weighted by Crippen LogP contribution is 2.53. The Balaban J connectivity index is 1.18. The molecular formula is C25H19F3N2O5. The van der Waals surface area contributed by atoms with Crippen molar-refractivity contribution in [2.75, 3.05) is 16.8 Å². The van der Waals surface area contributed by atoms with Crippen molar-refractivity contribution in [1.29, 1.82) is 0 Å². The number of esters is 1. The summed E-state index contributed by atoms with van der Waals surface area (Å²) in [5.74, 6) is -2.62. The van der Waals surface area contributed by atoms with Gasteiger partial charge in [-0.3, -0.25) is 19.3 Å². The molecule has 1 saturated carbocycles. The van der Waals surface area contributed by atoms with Crippen LogP contribution in [0.3, 0.4) is 0 Å². The third-order valence-corrected chi connectivity index (χ3v) is 6.64. The SMILES string of the molecule is O=C(COC(=O)c1ccc(N2C(=O)[C@@H]3[C@H](C2=O)[C@H]2C=C[C@H]3C2)cc1)Nc1cccc(C(F)(F)F)c1. The predicted molar refractivity (Wildman–Crippen MR) is 117 cm³/mol. The number of benzene rings is 2. The Kier molecular flexibility index (Phi) is 5.46. The fourth-order valence-corrected chi connectivity index (χ4v) is 5.09. The van der Waals surface area contributed by atoms with Crippen molar-refractivity contribution in [2.45, 2.75) is 12.6 Å². The molecule has 35 heavy (non-hydrogen) atoms. The number of alkyl halides is 3. The molecule has 2 aromatic rings. The number of amides is 3. The van der Waals surface area contributed by atoms with E-state index in [1.165, 1.54) is 35.2 Å². The van der Waals surface area contributed by atoms with E-state index in [2.05, 4.69) is 5.32 Å². The zero-order chi connectivity index (χ0) is 24.9. The van der Waals surface area contributed by atoms with Crippen LogP contribution in [0.25, 0.3) is 0 Å². The fraction of sp³-hybridized carbons (Fsp3) is 0.280. The van der Waals surface area contributed by atoms with Crippen LogP contribution in [-0.4, -0.2) is 30.3 Å². The van der Waals surface area contributed by atoms with Crippen LogP contribution in [0.5, 0.6) is 0 Å². The van der Waals surface area contributed by atoms with Crippen molar-refractivity contribution in [3.63, 3.8) is 0 Å². The Hall–Kier alpha value is -3.95. The van der Waals surface area contributed by atoms with E-state index in [9.17, 15) is 32.3 Å². The van der Waals surface area contributed by atoms with Gasteiger partial charge in [-0.15, -0.1) is 0 Å². The Morgan fingerprint density at radius 2 is 1.60 bits per heavy atom. The lowest BCUT2D eigenvalue weighted by molar-refractivity contribution is -0.137. The summed E-state index contributed by atoms with van der Waals surface area (Å²) >= 11 is 0. The molecule has 2 aromatic carbocycles. The first-order valence-corrected chi connectivity index (χ1v) is 10.9. The van der Waals surface area contributed by atoms with Crippen molar-refractivity contribution < 1.29 is 37.1 Å². The van der Waals surface area contributed by atoms with Gasteiger partial charge >= 0.3 is 12.1 Å². The number of hydrogen-bond acceptors (Lipinski definition) is 5. The van der Waals surface area contributed by atoms with Crippen LogP contribution in [0, 0.1) is 23.7 Å². The molecule has 0 unspecified atom stereocenters. The highest BCUT2D eigenvalue weighted by atomic mass is 19.4.